The van der Waals surface area contributed by atoms with Gasteiger partial charge in [-0.25, -0.2) is 8.78 Å². The molecule has 22 heavy (non-hydrogen) atoms. The molecule has 1 unspecified atom stereocenters. The molecule has 1 N–H and O–H groups in total. The molecule has 1 saturated heterocycles. The molecule has 6 heteroatoms. The second-order valence-electron chi connectivity index (χ2n) is 5.71. The van der Waals surface area contributed by atoms with Crippen molar-refractivity contribution in [1.29, 1.82) is 0 Å². The second kappa shape index (κ2) is 8.19. The van der Waals surface area contributed by atoms with E-state index in [1.165, 1.54) is 13.2 Å². The zero-order chi connectivity index (χ0) is 15.9. The van der Waals surface area contributed by atoms with Gasteiger partial charge in [0.1, 0.15) is 0 Å². The van der Waals surface area contributed by atoms with Crippen molar-refractivity contribution in [2.75, 3.05) is 33.3 Å². The number of nitrogens with zero attached hydrogens (tertiary/aromatic N) is 1. The van der Waals surface area contributed by atoms with Gasteiger partial charge in [-0.15, -0.1) is 0 Å². The third kappa shape index (κ3) is 5.03. The number of rotatable bonds is 6. The number of carbonyl (C=O) groups is 1. The highest BCUT2D eigenvalue weighted by atomic mass is 19.2. The molecule has 1 aromatic carbocycles. The van der Waals surface area contributed by atoms with Gasteiger partial charge in [-0.3, -0.25) is 9.69 Å². The van der Waals surface area contributed by atoms with Gasteiger partial charge in [-0.1, -0.05) is 6.07 Å². The quantitative estimate of drug-likeness (QED) is 0.815. The fraction of sp³-hybridized carbons (Fsp3) is 0.562. The highest BCUT2D eigenvalue weighted by Gasteiger charge is 2.19. The predicted octanol–water partition coefficient (Wildman–Crippen LogP) is 1.94. The van der Waals surface area contributed by atoms with E-state index in [2.05, 4.69) is 5.32 Å². The highest BCUT2D eigenvalue weighted by Crippen LogP contribution is 2.15. The molecule has 0 aromatic heterocycles. The van der Waals surface area contributed by atoms with Crippen LogP contribution < -0.4 is 5.32 Å². The number of benzene rings is 1. The molecule has 2 rings (SSSR count). The van der Waals surface area contributed by atoms with Gasteiger partial charge in [0.2, 0.25) is 0 Å². The first-order valence-electron chi connectivity index (χ1n) is 7.52. The van der Waals surface area contributed by atoms with E-state index in [0.717, 1.165) is 38.5 Å². The molecule has 0 radical (unpaired) electrons. The Kier molecular flexibility index (Phi) is 6.27. The average Bonchev–Trinajstić information content (AvgIpc) is 2.51. The van der Waals surface area contributed by atoms with Crippen molar-refractivity contribution in [3.05, 3.63) is 35.4 Å². The molecule has 0 aliphatic carbocycles. The number of esters is 1. The maximum atomic E-state index is 13.3. The number of methoxy groups -OCH3 is 1. The van der Waals surface area contributed by atoms with E-state index in [9.17, 15) is 13.6 Å². The number of hydrogen-bond acceptors (Lipinski definition) is 4. The largest absolute Gasteiger partial charge is 0.468 e. The van der Waals surface area contributed by atoms with Crippen LogP contribution in [-0.2, 0) is 16.1 Å². The molecular formula is C16H22F2N2O2. The molecular weight excluding hydrogens is 290 g/mol. The number of carbonyl (C=O) groups excluding carboxylic acids is 1. The van der Waals surface area contributed by atoms with Gasteiger partial charge in [-0.05, 0) is 49.5 Å². The molecule has 0 bridgehead atoms. The SMILES string of the molecule is COC(=O)CN(Cc1ccc(F)c(F)c1)CC1CCCNC1. The van der Waals surface area contributed by atoms with E-state index >= 15 is 0 Å². The Morgan fingerprint density at radius 2 is 2.23 bits per heavy atom. The van der Waals surface area contributed by atoms with Crippen LogP contribution >= 0.6 is 0 Å². The van der Waals surface area contributed by atoms with Crippen LogP contribution in [0.5, 0.6) is 0 Å². The van der Waals surface area contributed by atoms with Crippen LogP contribution in [-0.4, -0.2) is 44.2 Å². The number of ether oxygens (including phenoxy) is 1. The Morgan fingerprint density at radius 1 is 1.41 bits per heavy atom. The van der Waals surface area contributed by atoms with Crippen molar-refractivity contribution in [1.82, 2.24) is 10.2 Å². The fourth-order valence-electron chi connectivity index (χ4n) is 2.77. The number of nitrogens with one attached hydrogen (secondary N) is 1. The zero-order valence-corrected chi connectivity index (χ0v) is 12.8. The summed E-state index contributed by atoms with van der Waals surface area (Å²) in [5, 5.41) is 3.34. The summed E-state index contributed by atoms with van der Waals surface area (Å²) < 4.78 is 31.0. The maximum Gasteiger partial charge on any atom is 0.319 e. The van der Waals surface area contributed by atoms with E-state index < -0.39 is 11.6 Å². The maximum absolute atomic E-state index is 13.3. The number of halogens is 2. The number of hydrogen-bond donors (Lipinski definition) is 1. The van der Waals surface area contributed by atoms with Crippen LogP contribution in [0.4, 0.5) is 8.78 Å². The van der Waals surface area contributed by atoms with E-state index in [1.54, 1.807) is 6.07 Å². The van der Waals surface area contributed by atoms with Gasteiger partial charge < -0.3 is 10.1 Å². The van der Waals surface area contributed by atoms with E-state index in [0.29, 0.717) is 18.0 Å². The van der Waals surface area contributed by atoms with Gasteiger partial charge in [0.25, 0.3) is 0 Å². The van der Waals surface area contributed by atoms with Gasteiger partial charge >= 0.3 is 5.97 Å². The predicted molar refractivity (Wildman–Crippen MR) is 79.2 cm³/mol. The zero-order valence-electron chi connectivity index (χ0n) is 12.8. The normalized spacial score (nSPS) is 18.5. The molecule has 122 valence electrons. The summed E-state index contributed by atoms with van der Waals surface area (Å²) in [5.41, 5.74) is 0.645. The Labute approximate surface area is 129 Å². The van der Waals surface area contributed by atoms with Crippen molar-refractivity contribution < 1.29 is 18.3 Å². The van der Waals surface area contributed by atoms with Gasteiger partial charge in [-0.2, -0.15) is 0 Å². The van der Waals surface area contributed by atoms with Gasteiger partial charge in [0.15, 0.2) is 11.6 Å². The molecule has 1 aliphatic rings. The average molecular weight is 312 g/mol. The summed E-state index contributed by atoms with van der Waals surface area (Å²) >= 11 is 0. The monoisotopic (exact) mass is 312 g/mol. The minimum Gasteiger partial charge on any atom is -0.468 e. The lowest BCUT2D eigenvalue weighted by atomic mass is 9.99. The molecule has 0 spiro atoms. The molecule has 4 nitrogen and oxygen atoms in total. The third-order valence-corrected chi connectivity index (χ3v) is 3.89. The Hall–Kier alpha value is -1.53. The van der Waals surface area contributed by atoms with Gasteiger partial charge in [0, 0.05) is 13.1 Å². The Bertz CT molecular complexity index is 505. The van der Waals surface area contributed by atoms with Crippen molar-refractivity contribution in [3.8, 4) is 0 Å². The first-order chi connectivity index (χ1) is 10.6. The van der Waals surface area contributed by atoms with Crippen LogP contribution in [0.15, 0.2) is 18.2 Å². The first kappa shape index (κ1) is 16.8. The van der Waals surface area contributed by atoms with Gasteiger partial charge in [0.05, 0.1) is 13.7 Å². The van der Waals surface area contributed by atoms with Crippen LogP contribution in [0.3, 0.4) is 0 Å². The molecule has 1 aromatic rings. The molecule has 1 fully saturated rings. The van der Waals surface area contributed by atoms with Crippen molar-refractivity contribution in [2.45, 2.75) is 19.4 Å². The van der Waals surface area contributed by atoms with Crippen molar-refractivity contribution in [3.63, 3.8) is 0 Å². The Balaban J connectivity index is 2.02. The first-order valence-corrected chi connectivity index (χ1v) is 7.52. The summed E-state index contributed by atoms with van der Waals surface area (Å²) in [6.45, 7) is 3.20. The topological polar surface area (TPSA) is 41.6 Å². The summed E-state index contributed by atoms with van der Waals surface area (Å²) in [7, 11) is 1.35. The molecule has 0 amide bonds. The smallest absolute Gasteiger partial charge is 0.319 e. The number of piperidine rings is 1. The summed E-state index contributed by atoms with van der Waals surface area (Å²) in [6.07, 6.45) is 2.21. The minimum atomic E-state index is -0.866. The lowest BCUT2D eigenvalue weighted by Gasteiger charge is -2.29. The van der Waals surface area contributed by atoms with Crippen molar-refractivity contribution in [2.24, 2.45) is 5.92 Å². The summed E-state index contributed by atoms with van der Waals surface area (Å²) in [4.78, 5) is 13.5. The lowest BCUT2D eigenvalue weighted by Crippen LogP contribution is -2.40. The van der Waals surface area contributed by atoms with Crippen LogP contribution in [0.2, 0.25) is 0 Å². The van der Waals surface area contributed by atoms with E-state index in [4.69, 9.17) is 4.74 Å². The fourth-order valence-corrected chi connectivity index (χ4v) is 2.77. The summed E-state index contributed by atoms with van der Waals surface area (Å²) in [5.74, 6) is -1.61. The highest BCUT2D eigenvalue weighted by molar-refractivity contribution is 5.71. The third-order valence-electron chi connectivity index (χ3n) is 3.89. The standard InChI is InChI=1S/C16H22F2N2O2/c1-22-16(21)11-20(10-13-3-2-6-19-8-13)9-12-4-5-14(17)15(18)7-12/h4-5,7,13,19H,2-3,6,8-11H2,1H3. The van der Waals surface area contributed by atoms with Crippen molar-refractivity contribution >= 4 is 5.97 Å². The van der Waals surface area contributed by atoms with E-state index in [-0.39, 0.29) is 12.5 Å². The second-order valence-corrected chi connectivity index (χ2v) is 5.71. The van der Waals surface area contributed by atoms with Crippen LogP contribution in [0.1, 0.15) is 18.4 Å². The molecule has 1 atom stereocenters. The van der Waals surface area contributed by atoms with E-state index in [1.807, 2.05) is 4.90 Å². The lowest BCUT2D eigenvalue weighted by molar-refractivity contribution is -0.142. The molecule has 0 saturated carbocycles. The molecule has 1 heterocycles. The van der Waals surface area contributed by atoms with Crippen LogP contribution in [0, 0.1) is 17.6 Å². The summed E-state index contributed by atoms with van der Waals surface area (Å²) in [6, 6.07) is 3.84. The minimum absolute atomic E-state index is 0.145. The van der Waals surface area contributed by atoms with Crippen LogP contribution in [0.25, 0.3) is 0 Å². The molecule has 1 aliphatic heterocycles. The Morgan fingerprint density at radius 3 is 2.86 bits per heavy atom.